The van der Waals surface area contributed by atoms with Crippen LogP contribution in [0, 0.1) is 0 Å². The molecule has 0 radical (unpaired) electrons. The van der Waals surface area contributed by atoms with E-state index < -0.39 is 0 Å². The summed E-state index contributed by atoms with van der Waals surface area (Å²) in [5, 5.41) is 1.41. The molecule has 0 aliphatic heterocycles. The summed E-state index contributed by atoms with van der Waals surface area (Å²) in [4.78, 5) is 17.6. The van der Waals surface area contributed by atoms with Gasteiger partial charge in [0, 0.05) is 26.0 Å². The largest absolute Gasteiger partial charge is 0.385 e. The van der Waals surface area contributed by atoms with Crippen molar-refractivity contribution in [1.29, 1.82) is 0 Å². The number of benzene rings is 2. The Hall–Kier alpha value is -2.37. The van der Waals surface area contributed by atoms with Crippen LogP contribution in [0.3, 0.4) is 0 Å². The highest BCUT2D eigenvalue weighted by Gasteiger charge is 2.10. The predicted octanol–water partition coefficient (Wildman–Crippen LogP) is 4.24. The Morgan fingerprint density at radius 2 is 1.88 bits per heavy atom. The third-order valence-electron chi connectivity index (χ3n) is 3.98. The highest BCUT2D eigenvalue weighted by Crippen LogP contribution is 2.18. The van der Waals surface area contributed by atoms with E-state index in [-0.39, 0.29) is 5.56 Å². The monoisotopic (exact) mass is 366 g/mol. The highest BCUT2D eigenvalue weighted by molar-refractivity contribution is 7.99. The molecule has 0 aliphatic carbocycles. The molecule has 4 nitrogen and oxygen atoms in total. The number of ether oxygens (including phenoxy) is 1. The van der Waals surface area contributed by atoms with Crippen molar-refractivity contribution < 1.29 is 4.74 Å². The lowest BCUT2D eigenvalue weighted by Gasteiger charge is -2.12. The first kappa shape index (κ1) is 18.4. The van der Waals surface area contributed by atoms with E-state index in [1.54, 1.807) is 23.4 Å². The molecule has 0 spiro atoms. The van der Waals surface area contributed by atoms with Gasteiger partial charge in [-0.1, -0.05) is 66.4 Å². The number of aromatic nitrogens is 2. The van der Waals surface area contributed by atoms with Crippen molar-refractivity contribution >= 4 is 28.7 Å². The van der Waals surface area contributed by atoms with Crippen LogP contribution in [0.5, 0.6) is 0 Å². The number of thioether (sulfide) groups is 1. The third kappa shape index (κ3) is 4.62. The zero-order valence-corrected chi connectivity index (χ0v) is 15.6. The van der Waals surface area contributed by atoms with Crippen LogP contribution < -0.4 is 5.56 Å². The van der Waals surface area contributed by atoms with Gasteiger partial charge in [-0.25, -0.2) is 4.98 Å². The Morgan fingerprint density at radius 1 is 1.12 bits per heavy atom. The molecule has 2 aromatic carbocycles. The van der Waals surface area contributed by atoms with Crippen LogP contribution in [0.1, 0.15) is 12.0 Å². The predicted molar refractivity (Wildman–Crippen MR) is 109 cm³/mol. The maximum absolute atomic E-state index is 12.8. The average molecular weight is 366 g/mol. The van der Waals surface area contributed by atoms with Crippen molar-refractivity contribution in [2.45, 2.75) is 18.1 Å². The van der Waals surface area contributed by atoms with E-state index in [0.717, 1.165) is 28.4 Å². The van der Waals surface area contributed by atoms with Gasteiger partial charge in [-0.05, 0) is 24.1 Å². The molecule has 1 aromatic heterocycles. The van der Waals surface area contributed by atoms with Gasteiger partial charge in [-0.2, -0.15) is 0 Å². The minimum Gasteiger partial charge on any atom is -0.385 e. The van der Waals surface area contributed by atoms with Crippen LogP contribution in [-0.2, 0) is 11.3 Å². The van der Waals surface area contributed by atoms with Gasteiger partial charge >= 0.3 is 0 Å². The first-order valence-corrected chi connectivity index (χ1v) is 9.61. The molecule has 1 heterocycles. The molecule has 0 fully saturated rings. The van der Waals surface area contributed by atoms with E-state index in [9.17, 15) is 4.79 Å². The lowest BCUT2D eigenvalue weighted by Crippen LogP contribution is -2.24. The molecule has 0 unspecified atom stereocenters. The van der Waals surface area contributed by atoms with E-state index in [1.165, 1.54) is 0 Å². The number of para-hydroxylation sites is 1. The molecule has 0 amide bonds. The molecule has 0 saturated heterocycles. The number of nitrogens with zero attached hydrogens (tertiary/aromatic N) is 2. The lowest BCUT2D eigenvalue weighted by atomic mass is 10.2. The second-order valence-corrected chi connectivity index (χ2v) is 6.83. The van der Waals surface area contributed by atoms with E-state index in [0.29, 0.717) is 18.5 Å². The molecule has 134 valence electrons. The molecule has 26 heavy (non-hydrogen) atoms. The van der Waals surface area contributed by atoms with Gasteiger partial charge in [-0.15, -0.1) is 0 Å². The highest BCUT2D eigenvalue weighted by atomic mass is 32.2. The van der Waals surface area contributed by atoms with Gasteiger partial charge in [0.2, 0.25) is 0 Å². The lowest BCUT2D eigenvalue weighted by molar-refractivity contribution is 0.189. The summed E-state index contributed by atoms with van der Waals surface area (Å²) in [6.07, 6.45) is 4.96. The first-order chi connectivity index (χ1) is 12.8. The molecular weight excluding hydrogens is 344 g/mol. The van der Waals surface area contributed by atoms with Gasteiger partial charge in [0.25, 0.3) is 5.56 Å². The fourth-order valence-electron chi connectivity index (χ4n) is 2.69. The molecule has 0 N–H and O–H groups in total. The van der Waals surface area contributed by atoms with Crippen molar-refractivity contribution in [3.05, 3.63) is 76.6 Å². The van der Waals surface area contributed by atoms with Gasteiger partial charge < -0.3 is 4.74 Å². The standard InChI is InChI=1S/C21H22N2O2S/c1-25-15-8-14-23-20(24)18-12-5-6-13-19(18)22-21(23)26-16-7-11-17-9-3-2-4-10-17/h2-7,9-13H,8,14-16H2,1H3/b11-7+. The SMILES string of the molecule is COCCCn1c(SC/C=C/c2ccccc2)nc2ccccc2c1=O. The fraction of sp³-hybridized carbons (Fsp3) is 0.238. The summed E-state index contributed by atoms with van der Waals surface area (Å²) in [7, 11) is 1.67. The summed E-state index contributed by atoms with van der Waals surface area (Å²) in [5.74, 6) is 0.754. The summed E-state index contributed by atoms with van der Waals surface area (Å²) < 4.78 is 6.89. The van der Waals surface area contributed by atoms with E-state index in [2.05, 4.69) is 24.3 Å². The molecular formula is C21H22N2O2S. The van der Waals surface area contributed by atoms with Crippen molar-refractivity contribution in [2.75, 3.05) is 19.5 Å². The normalized spacial score (nSPS) is 11.4. The van der Waals surface area contributed by atoms with E-state index >= 15 is 0 Å². The van der Waals surface area contributed by atoms with Crippen molar-refractivity contribution in [3.8, 4) is 0 Å². The van der Waals surface area contributed by atoms with Gasteiger partial charge in [0.05, 0.1) is 10.9 Å². The smallest absolute Gasteiger partial charge is 0.262 e. The molecule has 0 atom stereocenters. The number of hydrogen-bond acceptors (Lipinski definition) is 4. The van der Waals surface area contributed by atoms with E-state index in [1.807, 2.05) is 42.5 Å². The van der Waals surface area contributed by atoms with Crippen LogP contribution in [0.15, 0.2) is 70.6 Å². The topological polar surface area (TPSA) is 44.1 Å². The van der Waals surface area contributed by atoms with Crippen LogP contribution in [0.2, 0.25) is 0 Å². The van der Waals surface area contributed by atoms with Crippen molar-refractivity contribution in [3.63, 3.8) is 0 Å². The van der Waals surface area contributed by atoms with Gasteiger partial charge in [0.15, 0.2) is 5.16 Å². The zero-order chi connectivity index (χ0) is 18.2. The molecule has 3 rings (SSSR count). The van der Waals surface area contributed by atoms with Gasteiger partial charge in [-0.3, -0.25) is 9.36 Å². The Balaban J connectivity index is 1.81. The Morgan fingerprint density at radius 3 is 2.69 bits per heavy atom. The number of fused-ring (bicyclic) bond motifs is 1. The Bertz CT molecular complexity index is 936. The minimum atomic E-state index is 0.0150. The molecule has 0 aliphatic rings. The maximum atomic E-state index is 12.8. The first-order valence-electron chi connectivity index (χ1n) is 8.62. The van der Waals surface area contributed by atoms with Crippen molar-refractivity contribution in [2.24, 2.45) is 0 Å². The van der Waals surface area contributed by atoms with Crippen molar-refractivity contribution in [1.82, 2.24) is 9.55 Å². The zero-order valence-electron chi connectivity index (χ0n) is 14.8. The van der Waals surface area contributed by atoms with Crippen LogP contribution in [-0.4, -0.2) is 29.0 Å². The molecule has 5 heteroatoms. The third-order valence-corrected chi connectivity index (χ3v) is 4.90. The number of rotatable bonds is 8. The maximum Gasteiger partial charge on any atom is 0.262 e. The Kier molecular flexibility index (Phi) is 6.63. The second-order valence-electron chi connectivity index (χ2n) is 5.84. The molecule has 0 bridgehead atoms. The molecule has 0 saturated carbocycles. The second kappa shape index (κ2) is 9.36. The number of methoxy groups -OCH3 is 1. The quantitative estimate of drug-likeness (QED) is 0.340. The number of hydrogen-bond donors (Lipinski definition) is 0. The average Bonchev–Trinajstić information content (AvgIpc) is 2.68. The van der Waals surface area contributed by atoms with Crippen LogP contribution in [0.4, 0.5) is 0 Å². The minimum absolute atomic E-state index is 0.0150. The van der Waals surface area contributed by atoms with Crippen LogP contribution >= 0.6 is 11.8 Å². The summed E-state index contributed by atoms with van der Waals surface area (Å²) in [6, 6.07) is 17.7. The van der Waals surface area contributed by atoms with Crippen LogP contribution in [0.25, 0.3) is 17.0 Å². The van der Waals surface area contributed by atoms with Gasteiger partial charge in [0.1, 0.15) is 0 Å². The Labute approximate surface area is 157 Å². The molecule has 3 aromatic rings. The summed E-state index contributed by atoms with van der Waals surface area (Å²) in [5.41, 5.74) is 1.92. The summed E-state index contributed by atoms with van der Waals surface area (Å²) in [6.45, 7) is 1.23. The fourth-order valence-corrected chi connectivity index (χ4v) is 3.53. The van der Waals surface area contributed by atoms with E-state index in [4.69, 9.17) is 9.72 Å². The summed E-state index contributed by atoms with van der Waals surface area (Å²) >= 11 is 1.58.